The second-order valence-corrected chi connectivity index (χ2v) is 14.1. The zero-order valence-corrected chi connectivity index (χ0v) is 31.9. The lowest BCUT2D eigenvalue weighted by Crippen LogP contribution is -2.31. The van der Waals surface area contributed by atoms with Crippen LogP contribution in [0.5, 0.6) is 0 Å². The van der Waals surface area contributed by atoms with Crippen LogP contribution in [-0.2, 0) is 0 Å². The summed E-state index contributed by atoms with van der Waals surface area (Å²) in [4.78, 5) is 4.78. The van der Waals surface area contributed by atoms with Gasteiger partial charge in [0.2, 0.25) is 0 Å². The highest BCUT2D eigenvalue weighted by molar-refractivity contribution is 5.83. The van der Waals surface area contributed by atoms with E-state index in [0.29, 0.717) is 0 Å². The van der Waals surface area contributed by atoms with Crippen LogP contribution in [0.1, 0.15) is 19.8 Å². The summed E-state index contributed by atoms with van der Waals surface area (Å²) >= 11 is 0. The first-order valence-corrected chi connectivity index (χ1v) is 19.5. The first-order chi connectivity index (χ1) is 27.7. The number of nitrogens with zero attached hydrogens (tertiary/aromatic N) is 2. The monoisotopic (exact) mass is 722 g/mol. The van der Waals surface area contributed by atoms with Crippen LogP contribution >= 0.6 is 0 Å². The van der Waals surface area contributed by atoms with E-state index in [2.05, 4.69) is 236 Å². The topological polar surface area (TPSA) is 6.48 Å². The predicted octanol–water partition coefficient (Wildman–Crippen LogP) is 15.1. The minimum Gasteiger partial charge on any atom is -0.334 e. The average Bonchev–Trinajstić information content (AvgIpc) is 3.27. The molecular weight excluding hydrogens is 677 g/mol. The third-order valence-corrected chi connectivity index (χ3v) is 10.5. The molecule has 7 aromatic carbocycles. The molecule has 0 fully saturated rings. The summed E-state index contributed by atoms with van der Waals surface area (Å²) in [6.07, 6.45) is 13.1. The number of benzene rings is 7. The zero-order chi connectivity index (χ0) is 38.1. The van der Waals surface area contributed by atoms with Gasteiger partial charge in [0.1, 0.15) is 0 Å². The average molecular weight is 723 g/mol. The Morgan fingerprint density at radius 1 is 0.482 bits per heavy atom. The molecule has 0 radical (unpaired) electrons. The van der Waals surface area contributed by atoms with Crippen LogP contribution in [-0.4, -0.2) is 6.04 Å². The van der Waals surface area contributed by atoms with Gasteiger partial charge in [-0.25, -0.2) is 0 Å². The number of hydrogen-bond donors (Lipinski definition) is 0. The van der Waals surface area contributed by atoms with Gasteiger partial charge >= 0.3 is 0 Å². The van der Waals surface area contributed by atoms with Gasteiger partial charge in [0.05, 0.1) is 6.04 Å². The number of para-hydroxylation sites is 2. The first-order valence-electron chi connectivity index (χ1n) is 19.5. The molecule has 0 saturated carbocycles. The highest BCUT2D eigenvalue weighted by Gasteiger charge is 2.23. The third-order valence-electron chi connectivity index (χ3n) is 10.5. The van der Waals surface area contributed by atoms with Crippen LogP contribution in [0.25, 0.3) is 33.4 Å². The molecule has 1 aliphatic rings. The SMILES string of the molecule is C=C/C=C(/C1=CCCC=C1)C(C)N(c1ccccc1)c1cccc(-c2cccc(-c3cccc(N(c4ccccc4)c4ccc(-c5ccccc5)cc4)c3)c2)c1. The van der Waals surface area contributed by atoms with Crippen molar-refractivity contribution in [2.75, 3.05) is 9.80 Å². The Hall–Kier alpha value is -6.90. The Labute approximate surface area is 332 Å². The highest BCUT2D eigenvalue weighted by Crippen LogP contribution is 2.39. The van der Waals surface area contributed by atoms with E-state index in [1.54, 1.807) is 0 Å². The van der Waals surface area contributed by atoms with Gasteiger partial charge in [-0.1, -0.05) is 158 Å². The molecular formula is C54H46N2. The molecule has 0 amide bonds. The lowest BCUT2D eigenvalue weighted by atomic mass is 9.92. The predicted molar refractivity (Wildman–Crippen MR) is 240 cm³/mol. The summed E-state index contributed by atoms with van der Waals surface area (Å²) < 4.78 is 0. The first kappa shape index (κ1) is 36.1. The molecule has 0 heterocycles. The van der Waals surface area contributed by atoms with E-state index < -0.39 is 0 Å². The van der Waals surface area contributed by atoms with Gasteiger partial charge in [0.15, 0.2) is 0 Å². The van der Waals surface area contributed by atoms with E-state index in [0.717, 1.165) is 46.8 Å². The van der Waals surface area contributed by atoms with Crippen molar-refractivity contribution in [3.63, 3.8) is 0 Å². The highest BCUT2D eigenvalue weighted by atomic mass is 15.2. The maximum Gasteiger partial charge on any atom is 0.0569 e. The molecule has 1 aliphatic carbocycles. The summed E-state index contributed by atoms with van der Waals surface area (Å²) in [6.45, 7) is 6.37. The summed E-state index contributed by atoms with van der Waals surface area (Å²) in [5.74, 6) is 0. The zero-order valence-electron chi connectivity index (χ0n) is 31.9. The lowest BCUT2D eigenvalue weighted by molar-refractivity contribution is 0.820. The summed E-state index contributed by atoms with van der Waals surface area (Å²) in [5.41, 5.74) is 15.2. The molecule has 0 bridgehead atoms. The molecule has 0 spiro atoms. The van der Waals surface area contributed by atoms with Crippen molar-refractivity contribution in [2.45, 2.75) is 25.8 Å². The van der Waals surface area contributed by atoms with E-state index >= 15 is 0 Å². The number of hydrogen-bond acceptors (Lipinski definition) is 2. The smallest absolute Gasteiger partial charge is 0.0569 e. The van der Waals surface area contributed by atoms with Gasteiger partial charge in [-0.3, -0.25) is 0 Å². The van der Waals surface area contributed by atoms with Crippen molar-refractivity contribution < 1.29 is 0 Å². The minimum absolute atomic E-state index is 0.0656. The number of anilines is 5. The normalized spacial score (nSPS) is 13.1. The Bertz CT molecular complexity index is 2490. The second-order valence-electron chi connectivity index (χ2n) is 14.1. The van der Waals surface area contributed by atoms with E-state index in [9.17, 15) is 0 Å². The van der Waals surface area contributed by atoms with Crippen LogP contribution in [0, 0.1) is 0 Å². The van der Waals surface area contributed by atoms with Crippen LogP contribution in [0.3, 0.4) is 0 Å². The second kappa shape index (κ2) is 17.1. The molecule has 2 heteroatoms. The Balaban J connectivity index is 1.14. The van der Waals surface area contributed by atoms with Crippen molar-refractivity contribution in [3.8, 4) is 33.4 Å². The maximum atomic E-state index is 4.08. The maximum absolute atomic E-state index is 4.08. The summed E-state index contributed by atoms with van der Waals surface area (Å²) in [6, 6.07) is 67.5. The lowest BCUT2D eigenvalue weighted by Gasteiger charge is -2.34. The molecule has 1 atom stereocenters. The number of rotatable bonds is 12. The van der Waals surface area contributed by atoms with E-state index in [1.165, 1.54) is 39.0 Å². The molecule has 7 aromatic rings. The van der Waals surface area contributed by atoms with Crippen LogP contribution in [0.4, 0.5) is 28.4 Å². The third kappa shape index (κ3) is 7.97. The van der Waals surface area contributed by atoms with Crippen molar-refractivity contribution >= 4 is 28.4 Å². The Kier molecular flexibility index (Phi) is 11.0. The molecule has 1 unspecified atom stereocenters. The fourth-order valence-corrected chi connectivity index (χ4v) is 7.75. The van der Waals surface area contributed by atoms with Gasteiger partial charge < -0.3 is 9.80 Å². The molecule has 2 nitrogen and oxygen atoms in total. The van der Waals surface area contributed by atoms with Crippen molar-refractivity contribution in [1.82, 2.24) is 0 Å². The molecule has 0 N–H and O–H groups in total. The van der Waals surface area contributed by atoms with Crippen LogP contribution in [0.2, 0.25) is 0 Å². The summed E-state index contributed by atoms with van der Waals surface area (Å²) in [7, 11) is 0. The fourth-order valence-electron chi connectivity index (χ4n) is 7.75. The largest absolute Gasteiger partial charge is 0.334 e. The van der Waals surface area contributed by atoms with Crippen LogP contribution < -0.4 is 9.80 Å². The van der Waals surface area contributed by atoms with Crippen molar-refractivity contribution in [2.24, 2.45) is 0 Å². The van der Waals surface area contributed by atoms with Gasteiger partial charge in [0, 0.05) is 28.4 Å². The quantitative estimate of drug-likeness (QED) is 0.116. The fraction of sp³-hybridized carbons (Fsp3) is 0.0741. The minimum atomic E-state index is 0.0656. The Morgan fingerprint density at radius 2 is 0.964 bits per heavy atom. The van der Waals surface area contributed by atoms with Gasteiger partial charge in [-0.05, 0) is 131 Å². The van der Waals surface area contributed by atoms with E-state index in [4.69, 9.17) is 0 Å². The molecule has 8 rings (SSSR count). The molecule has 56 heavy (non-hydrogen) atoms. The van der Waals surface area contributed by atoms with Crippen molar-refractivity contribution in [1.29, 1.82) is 0 Å². The van der Waals surface area contributed by atoms with Gasteiger partial charge in [-0.2, -0.15) is 0 Å². The van der Waals surface area contributed by atoms with Crippen LogP contribution in [0.15, 0.2) is 236 Å². The molecule has 0 saturated heterocycles. The van der Waals surface area contributed by atoms with E-state index in [-0.39, 0.29) is 6.04 Å². The Morgan fingerprint density at radius 3 is 1.57 bits per heavy atom. The van der Waals surface area contributed by atoms with E-state index in [1.807, 2.05) is 6.08 Å². The molecule has 0 aliphatic heterocycles. The summed E-state index contributed by atoms with van der Waals surface area (Å²) in [5, 5.41) is 0. The molecule has 272 valence electrons. The van der Waals surface area contributed by atoms with Gasteiger partial charge in [0.25, 0.3) is 0 Å². The standard InChI is InChI=1S/C54H46N2/c1-3-19-54(44-22-10-5-11-23-44)41(2)55(49-28-12-6-13-29-49)52-32-17-26-47(39-52)45-24-16-25-46(38-45)48-27-18-33-53(40-48)56(50-30-14-7-15-31-50)51-36-34-43(35-37-51)42-20-8-4-9-21-42/h3-4,6-10,12-41H,1,5,11H2,2H3/b54-19+. The van der Waals surface area contributed by atoms with Crippen molar-refractivity contribution in [3.05, 3.63) is 236 Å². The van der Waals surface area contributed by atoms with Gasteiger partial charge in [-0.15, -0.1) is 0 Å². The number of allylic oxidation sites excluding steroid dienone is 5. The molecule has 0 aromatic heterocycles.